The van der Waals surface area contributed by atoms with Crippen LogP contribution in [0.4, 0.5) is 5.13 Å². The molecule has 2 heterocycles. The van der Waals surface area contributed by atoms with E-state index in [0.29, 0.717) is 5.13 Å². The van der Waals surface area contributed by atoms with E-state index in [1.54, 1.807) is 12.1 Å². The minimum Gasteiger partial charge on any atom is -0.298 e. The number of carbonyl (C=O) groups excluding carboxylic acids is 1. The van der Waals surface area contributed by atoms with Crippen molar-refractivity contribution in [2.75, 3.05) is 5.32 Å². The standard InChI is InChI=1S/C20H17N3O3S3/c1-13-5-2-9-17-18(13)22-20(28-17)23-19(24)14-6-3-8-16(11-14)29(25,26)21-12-15-7-4-10-27-15/h2-11,21H,12H2,1H3,(H,22,23,24). The number of aromatic nitrogens is 1. The third-order valence-electron chi connectivity index (χ3n) is 4.26. The molecule has 0 radical (unpaired) electrons. The van der Waals surface area contributed by atoms with Gasteiger partial charge in [-0.05, 0) is 48.2 Å². The average molecular weight is 444 g/mol. The molecule has 4 aromatic rings. The number of hydrogen-bond donors (Lipinski definition) is 2. The van der Waals surface area contributed by atoms with Gasteiger partial charge in [-0.3, -0.25) is 10.1 Å². The fourth-order valence-corrected chi connectivity index (χ4v) is 5.50. The predicted molar refractivity (Wildman–Crippen MR) is 117 cm³/mol. The van der Waals surface area contributed by atoms with Crippen LogP contribution in [0.2, 0.25) is 0 Å². The minimum atomic E-state index is -3.73. The van der Waals surface area contributed by atoms with Crippen LogP contribution in [0.25, 0.3) is 10.2 Å². The molecule has 6 nitrogen and oxygen atoms in total. The van der Waals surface area contributed by atoms with Crippen molar-refractivity contribution in [3.63, 3.8) is 0 Å². The molecule has 0 aliphatic rings. The highest BCUT2D eigenvalue weighted by Gasteiger charge is 2.17. The molecule has 0 saturated heterocycles. The van der Waals surface area contributed by atoms with E-state index < -0.39 is 15.9 Å². The van der Waals surface area contributed by atoms with Gasteiger partial charge in [-0.2, -0.15) is 0 Å². The number of anilines is 1. The van der Waals surface area contributed by atoms with Gasteiger partial charge in [0, 0.05) is 17.0 Å². The number of amides is 1. The summed E-state index contributed by atoms with van der Waals surface area (Å²) in [5, 5.41) is 5.13. The minimum absolute atomic E-state index is 0.0434. The van der Waals surface area contributed by atoms with Gasteiger partial charge in [0.05, 0.1) is 15.1 Å². The summed E-state index contributed by atoms with van der Waals surface area (Å²) < 4.78 is 28.7. The van der Waals surface area contributed by atoms with Crippen LogP contribution in [0, 0.1) is 6.92 Å². The van der Waals surface area contributed by atoms with Crippen LogP contribution >= 0.6 is 22.7 Å². The second-order valence-electron chi connectivity index (χ2n) is 6.33. The Bertz CT molecular complexity index is 1280. The summed E-state index contributed by atoms with van der Waals surface area (Å²) in [6.45, 7) is 2.17. The number of benzene rings is 2. The van der Waals surface area contributed by atoms with Gasteiger partial charge in [0.2, 0.25) is 10.0 Å². The normalized spacial score (nSPS) is 11.6. The highest BCUT2D eigenvalue weighted by molar-refractivity contribution is 7.89. The lowest BCUT2D eigenvalue weighted by Crippen LogP contribution is -2.23. The van der Waals surface area contributed by atoms with Crippen LogP contribution in [-0.2, 0) is 16.6 Å². The number of nitrogens with zero attached hydrogens (tertiary/aromatic N) is 1. The fourth-order valence-electron chi connectivity index (χ4n) is 2.78. The SMILES string of the molecule is Cc1cccc2sc(NC(=O)c3cccc(S(=O)(=O)NCc4cccs4)c3)nc12. The Balaban J connectivity index is 1.52. The summed E-state index contributed by atoms with van der Waals surface area (Å²) in [4.78, 5) is 18.1. The molecule has 0 aliphatic heterocycles. The van der Waals surface area contributed by atoms with E-state index >= 15 is 0 Å². The van der Waals surface area contributed by atoms with Crippen LogP contribution in [-0.4, -0.2) is 19.3 Å². The van der Waals surface area contributed by atoms with Gasteiger partial charge in [-0.1, -0.05) is 35.6 Å². The van der Waals surface area contributed by atoms with E-state index in [9.17, 15) is 13.2 Å². The number of thiazole rings is 1. The zero-order valence-electron chi connectivity index (χ0n) is 15.4. The van der Waals surface area contributed by atoms with Gasteiger partial charge in [0.15, 0.2) is 5.13 Å². The van der Waals surface area contributed by atoms with Gasteiger partial charge < -0.3 is 0 Å². The van der Waals surface area contributed by atoms with E-state index in [0.717, 1.165) is 20.7 Å². The molecule has 0 bridgehead atoms. The maximum atomic E-state index is 12.6. The van der Waals surface area contributed by atoms with Gasteiger partial charge in [0.1, 0.15) is 0 Å². The third kappa shape index (κ3) is 4.38. The summed E-state index contributed by atoms with van der Waals surface area (Å²) in [6.07, 6.45) is 0. The van der Waals surface area contributed by atoms with Crippen molar-refractivity contribution < 1.29 is 13.2 Å². The number of hydrogen-bond acceptors (Lipinski definition) is 6. The number of fused-ring (bicyclic) bond motifs is 1. The number of sulfonamides is 1. The van der Waals surface area contributed by atoms with Crippen molar-refractivity contribution in [2.45, 2.75) is 18.4 Å². The molecule has 29 heavy (non-hydrogen) atoms. The molecule has 9 heteroatoms. The van der Waals surface area contributed by atoms with Crippen molar-refractivity contribution in [2.24, 2.45) is 0 Å². The Morgan fingerprint density at radius 1 is 1.10 bits per heavy atom. The second kappa shape index (κ2) is 8.03. The third-order valence-corrected chi connectivity index (χ3v) is 7.48. The molecule has 2 aromatic heterocycles. The Morgan fingerprint density at radius 2 is 1.93 bits per heavy atom. The first kappa shape index (κ1) is 19.7. The first-order valence-electron chi connectivity index (χ1n) is 8.72. The zero-order valence-corrected chi connectivity index (χ0v) is 17.8. The van der Waals surface area contributed by atoms with E-state index in [1.165, 1.54) is 34.8 Å². The number of aryl methyl sites for hydroxylation is 1. The molecule has 4 rings (SSSR count). The molecular weight excluding hydrogens is 426 g/mol. The molecule has 0 spiro atoms. The van der Waals surface area contributed by atoms with Crippen LogP contribution < -0.4 is 10.0 Å². The molecular formula is C20H17N3O3S3. The van der Waals surface area contributed by atoms with E-state index in [-0.39, 0.29) is 17.0 Å². The molecule has 0 atom stereocenters. The van der Waals surface area contributed by atoms with Gasteiger partial charge >= 0.3 is 0 Å². The van der Waals surface area contributed by atoms with E-state index in [4.69, 9.17) is 0 Å². The maximum absolute atomic E-state index is 12.6. The molecule has 1 amide bonds. The largest absolute Gasteiger partial charge is 0.298 e. The molecule has 0 fully saturated rings. The number of para-hydroxylation sites is 1. The van der Waals surface area contributed by atoms with Crippen LogP contribution in [0.1, 0.15) is 20.8 Å². The lowest BCUT2D eigenvalue weighted by Gasteiger charge is -2.08. The molecule has 148 valence electrons. The van der Waals surface area contributed by atoms with Gasteiger partial charge in [-0.25, -0.2) is 18.1 Å². The second-order valence-corrected chi connectivity index (χ2v) is 10.2. The lowest BCUT2D eigenvalue weighted by atomic mass is 10.2. The Kier molecular flexibility index (Phi) is 5.46. The molecule has 0 aliphatic carbocycles. The first-order chi connectivity index (χ1) is 13.9. The number of rotatable bonds is 6. The summed E-state index contributed by atoms with van der Waals surface area (Å²) in [6, 6.07) is 15.5. The smallest absolute Gasteiger partial charge is 0.257 e. The molecule has 2 aromatic carbocycles. The maximum Gasteiger partial charge on any atom is 0.257 e. The van der Waals surface area contributed by atoms with Crippen LogP contribution in [0.5, 0.6) is 0 Å². The molecule has 0 saturated carbocycles. The monoisotopic (exact) mass is 443 g/mol. The summed E-state index contributed by atoms with van der Waals surface area (Å²) in [5.41, 5.74) is 2.13. The average Bonchev–Trinajstić information content (AvgIpc) is 3.37. The van der Waals surface area contributed by atoms with E-state index in [2.05, 4.69) is 15.0 Å². The predicted octanol–water partition coefficient (Wildman–Crippen LogP) is 4.40. The topological polar surface area (TPSA) is 88.2 Å². The summed E-state index contributed by atoms with van der Waals surface area (Å²) >= 11 is 2.85. The first-order valence-corrected chi connectivity index (χ1v) is 11.9. The molecule has 2 N–H and O–H groups in total. The zero-order chi connectivity index (χ0) is 20.4. The van der Waals surface area contributed by atoms with Crippen molar-refractivity contribution in [3.8, 4) is 0 Å². The Morgan fingerprint density at radius 3 is 2.69 bits per heavy atom. The van der Waals surface area contributed by atoms with Crippen LogP contribution in [0.3, 0.4) is 0 Å². The van der Waals surface area contributed by atoms with Gasteiger partial charge in [0.25, 0.3) is 5.91 Å². The van der Waals surface area contributed by atoms with Crippen molar-refractivity contribution >= 4 is 54.0 Å². The highest BCUT2D eigenvalue weighted by Crippen LogP contribution is 2.28. The number of nitrogens with one attached hydrogen (secondary N) is 2. The van der Waals surface area contributed by atoms with Crippen LogP contribution in [0.15, 0.2) is 64.9 Å². The Labute approximate surface area is 176 Å². The van der Waals surface area contributed by atoms with Crippen molar-refractivity contribution in [3.05, 3.63) is 76.0 Å². The Hall–Kier alpha value is -2.59. The van der Waals surface area contributed by atoms with E-state index in [1.807, 2.05) is 42.6 Å². The lowest BCUT2D eigenvalue weighted by molar-refractivity contribution is 0.102. The highest BCUT2D eigenvalue weighted by atomic mass is 32.2. The fraction of sp³-hybridized carbons (Fsp3) is 0.100. The van der Waals surface area contributed by atoms with Crippen molar-refractivity contribution in [1.82, 2.24) is 9.71 Å². The quantitative estimate of drug-likeness (QED) is 0.462. The summed E-state index contributed by atoms with van der Waals surface area (Å²) in [7, 11) is -3.73. The van der Waals surface area contributed by atoms with Gasteiger partial charge in [-0.15, -0.1) is 11.3 Å². The summed E-state index contributed by atoms with van der Waals surface area (Å²) in [5.74, 6) is -0.406. The molecule has 0 unspecified atom stereocenters. The number of thiophene rings is 1. The van der Waals surface area contributed by atoms with Crippen molar-refractivity contribution in [1.29, 1.82) is 0 Å². The number of carbonyl (C=O) groups is 1.